The van der Waals surface area contributed by atoms with Gasteiger partial charge in [0.05, 0.1) is 11.6 Å². The molecule has 2 aromatic carbocycles. The van der Waals surface area contributed by atoms with Gasteiger partial charge in [-0.1, -0.05) is 22.0 Å². The molecule has 0 aliphatic rings. The Bertz CT molecular complexity index is 725. The zero-order chi connectivity index (χ0) is 17.4. The van der Waals surface area contributed by atoms with E-state index in [2.05, 4.69) is 15.9 Å². The van der Waals surface area contributed by atoms with Gasteiger partial charge in [-0.3, -0.25) is 0 Å². The molecule has 0 aliphatic carbocycles. The molecule has 0 saturated carbocycles. The Morgan fingerprint density at radius 3 is 2.58 bits per heavy atom. The van der Waals surface area contributed by atoms with Gasteiger partial charge in [-0.05, 0) is 49.4 Å². The summed E-state index contributed by atoms with van der Waals surface area (Å²) in [6.45, 7) is 1.99. The van der Waals surface area contributed by atoms with Gasteiger partial charge in [0.1, 0.15) is 24.7 Å². The van der Waals surface area contributed by atoms with E-state index in [0.717, 1.165) is 4.47 Å². The van der Waals surface area contributed by atoms with Crippen LogP contribution in [0.3, 0.4) is 0 Å². The van der Waals surface area contributed by atoms with Crippen LogP contribution in [0, 0.1) is 11.3 Å². The molecule has 0 bridgehead atoms. The predicted molar refractivity (Wildman–Crippen MR) is 91.8 cm³/mol. The number of esters is 1. The quantitative estimate of drug-likeness (QED) is 0.533. The number of ether oxygens (including phenoxy) is 3. The van der Waals surface area contributed by atoms with Crippen molar-refractivity contribution in [3.63, 3.8) is 0 Å². The predicted octanol–water partition coefficient (Wildman–Crippen LogP) is 3.71. The van der Waals surface area contributed by atoms with Gasteiger partial charge in [-0.2, -0.15) is 5.26 Å². The lowest BCUT2D eigenvalue weighted by Crippen LogP contribution is -2.27. The number of carbonyl (C=O) groups excluding carboxylic acids is 1. The Morgan fingerprint density at radius 1 is 1.17 bits per heavy atom. The molecule has 0 heterocycles. The minimum Gasteiger partial charge on any atom is -0.490 e. The van der Waals surface area contributed by atoms with Crippen molar-refractivity contribution in [1.82, 2.24) is 0 Å². The Balaban J connectivity index is 1.72. The summed E-state index contributed by atoms with van der Waals surface area (Å²) >= 11 is 3.35. The molecule has 2 aromatic rings. The van der Waals surface area contributed by atoms with E-state index in [-0.39, 0.29) is 13.2 Å². The number of halogens is 1. The molecule has 0 spiro atoms. The molecule has 0 fully saturated rings. The maximum Gasteiger partial charge on any atom is 0.347 e. The van der Waals surface area contributed by atoms with E-state index in [1.54, 1.807) is 31.2 Å². The topological polar surface area (TPSA) is 68.5 Å². The fraction of sp³-hybridized carbons (Fsp3) is 0.222. The highest BCUT2D eigenvalue weighted by Gasteiger charge is 2.16. The van der Waals surface area contributed by atoms with Crippen LogP contribution in [-0.4, -0.2) is 25.3 Å². The minimum atomic E-state index is -0.746. The Hall–Kier alpha value is -2.52. The van der Waals surface area contributed by atoms with E-state index in [1.807, 2.05) is 30.3 Å². The van der Waals surface area contributed by atoms with Gasteiger partial charge in [-0.15, -0.1) is 0 Å². The van der Waals surface area contributed by atoms with Crippen LogP contribution in [0.2, 0.25) is 0 Å². The molecule has 0 unspecified atom stereocenters. The van der Waals surface area contributed by atoms with Gasteiger partial charge >= 0.3 is 5.97 Å². The van der Waals surface area contributed by atoms with Crippen molar-refractivity contribution in [2.75, 3.05) is 13.2 Å². The van der Waals surface area contributed by atoms with Crippen molar-refractivity contribution in [3.05, 3.63) is 58.6 Å². The molecular weight excluding hydrogens is 374 g/mol. The molecule has 24 heavy (non-hydrogen) atoms. The van der Waals surface area contributed by atoms with E-state index >= 15 is 0 Å². The molecule has 0 N–H and O–H groups in total. The molecule has 5 nitrogen and oxygen atoms in total. The third-order valence-electron chi connectivity index (χ3n) is 3.02. The molecule has 0 saturated heterocycles. The first kappa shape index (κ1) is 17.8. The second-order valence-electron chi connectivity index (χ2n) is 4.87. The van der Waals surface area contributed by atoms with Gasteiger partial charge in [0, 0.05) is 4.47 Å². The molecule has 0 aliphatic heterocycles. The number of hydrogen-bond acceptors (Lipinski definition) is 5. The van der Waals surface area contributed by atoms with Crippen LogP contribution in [0.25, 0.3) is 0 Å². The molecule has 124 valence electrons. The molecule has 0 amide bonds. The Morgan fingerprint density at radius 2 is 1.92 bits per heavy atom. The molecule has 6 heteroatoms. The van der Waals surface area contributed by atoms with Crippen molar-refractivity contribution in [1.29, 1.82) is 5.26 Å². The first-order valence-electron chi connectivity index (χ1n) is 7.30. The van der Waals surface area contributed by atoms with Gasteiger partial charge in [-0.25, -0.2) is 4.79 Å². The minimum absolute atomic E-state index is 0.131. The highest BCUT2D eigenvalue weighted by molar-refractivity contribution is 9.10. The summed E-state index contributed by atoms with van der Waals surface area (Å²) in [5.41, 5.74) is 0.530. The lowest BCUT2D eigenvalue weighted by Gasteiger charge is -2.14. The van der Waals surface area contributed by atoms with E-state index in [4.69, 9.17) is 19.5 Å². The van der Waals surface area contributed by atoms with Crippen LogP contribution in [0.15, 0.2) is 53.0 Å². The van der Waals surface area contributed by atoms with Gasteiger partial charge in [0.2, 0.25) is 0 Å². The summed E-state index contributed by atoms with van der Waals surface area (Å²) in [5, 5.41) is 8.74. The smallest absolute Gasteiger partial charge is 0.347 e. The van der Waals surface area contributed by atoms with Crippen LogP contribution in [-0.2, 0) is 9.53 Å². The van der Waals surface area contributed by atoms with Crippen molar-refractivity contribution >= 4 is 21.9 Å². The summed E-state index contributed by atoms with van der Waals surface area (Å²) < 4.78 is 17.0. The van der Waals surface area contributed by atoms with Crippen molar-refractivity contribution in [2.24, 2.45) is 0 Å². The first-order chi connectivity index (χ1) is 11.6. The van der Waals surface area contributed by atoms with Crippen molar-refractivity contribution < 1.29 is 19.0 Å². The van der Waals surface area contributed by atoms with Gasteiger partial charge in [0.25, 0.3) is 0 Å². The highest BCUT2D eigenvalue weighted by atomic mass is 79.9. The maximum absolute atomic E-state index is 11.9. The third-order valence-corrected chi connectivity index (χ3v) is 3.51. The SMILES string of the molecule is C[C@H](Oc1ccc(C#N)cc1)C(=O)OCCOc1cccc(Br)c1. The largest absolute Gasteiger partial charge is 0.490 e. The van der Waals surface area contributed by atoms with Crippen LogP contribution >= 0.6 is 15.9 Å². The Labute approximate surface area is 148 Å². The lowest BCUT2D eigenvalue weighted by molar-refractivity contribution is -0.151. The van der Waals surface area contributed by atoms with E-state index in [0.29, 0.717) is 17.1 Å². The Kier molecular flexibility index (Phi) is 6.64. The monoisotopic (exact) mass is 389 g/mol. The normalized spacial score (nSPS) is 11.2. The number of rotatable bonds is 7. The third kappa shape index (κ3) is 5.60. The second-order valence-corrected chi connectivity index (χ2v) is 5.79. The lowest BCUT2D eigenvalue weighted by atomic mass is 10.2. The zero-order valence-electron chi connectivity index (χ0n) is 13.1. The van der Waals surface area contributed by atoms with Crippen molar-refractivity contribution in [2.45, 2.75) is 13.0 Å². The number of carbonyl (C=O) groups is 1. The number of benzene rings is 2. The summed E-state index contributed by atoms with van der Waals surface area (Å²) in [4.78, 5) is 11.9. The van der Waals surface area contributed by atoms with Crippen LogP contribution in [0.4, 0.5) is 0 Å². The zero-order valence-corrected chi connectivity index (χ0v) is 14.7. The van der Waals surface area contributed by atoms with E-state index < -0.39 is 12.1 Å². The number of hydrogen-bond donors (Lipinski definition) is 0. The van der Waals surface area contributed by atoms with E-state index in [1.165, 1.54) is 0 Å². The fourth-order valence-electron chi connectivity index (χ4n) is 1.84. The van der Waals surface area contributed by atoms with Crippen LogP contribution < -0.4 is 9.47 Å². The highest BCUT2D eigenvalue weighted by Crippen LogP contribution is 2.17. The maximum atomic E-state index is 11.9. The summed E-state index contributed by atoms with van der Waals surface area (Å²) in [6, 6.07) is 16.0. The fourth-order valence-corrected chi connectivity index (χ4v) is 2.21. The molecular formula is C18H16BrNO4. The molecule has 0 radical (unpaired) electrons. The standard InChI is InChI=1S/C18H16BrNO4/c1-13(24-16-7-5-14(12-20)6-8-16)18(21)23-10-9-22-17-4-2-3-15(19)11-17/h2-8,11,13H,9-10H2,1H3/t13-/m0/s1. The molecule has 2 rings (SSSR count). The average molecular weight is 390 g/mol. The number of nitrogens with zero attached hydrogens (tertiary/aromatic N) is 1. The number of nitriles is 1. The summed E-state index contributed by atoms with van der Waals surface area (Å²) in [6.07, 6.45) is -0.746. The van der Waals surface area contributed by atoms with Gasteiger partial charge in [0.15, 0.2) is 6.10 Å². The van der Waals surface area contributed by atoms with Crippen molar-refractivity contribution in [3.8, 4) is 17.6 Å². The first-order valence-corrected chi connectivity index (χ1v) is 8.09. The molecule has 0 aromatic heterocycles. The average Bonchev–Trinajstić information content (AvgIpc) is 2.59. The summed E-state index contributed by atoms with van der Waals surface area (Å²) in [7, 11) is 0. The van der Waals surface area contributed by atoms with Crippen LogP contribution in [0.1, 0.15) is 12.5 Å². The second kappa shape index (κ2) is 8.94. The van der Waals surface area contributed by atoms with Crippen LogP contribution in [0.5, 0.6) is 11.5 Å². The summed E-state index contributed by atoms with van der Waals surface area (Å²) in [5.74, 6) is 0.725. The van der Waals surface area contributed by atoms with E-state index in [9.17, 15) is 4.79 Å². The molecule has 1 atom stereocenters. The van der Waals surface area contributed by atoms with Gasteiger partial charge < -0.3 is 14.2 Å².